The van der Waals surface area contributed by atoms with Crippen molar-refractivity contribution in [3.8, 4) is 17.0 Å². The zero-order valence-corrected chi connectivity index (χ0v) is 17.2. The van der Waals surface area contributed by atoms with Crippen LogP contribution >= 0.6 is 0 Å². The van der Waals surface area contributed by atoms with Crippen LogP contribution in [0.25, 0.3) is 11.3 Å². The first-order valence-electron chi connectivity index (χ1n) is 9.66. The van der Waals surface area contributed by atoms with Crippen LogP contribution in [0.5, 0.6) is 5.75 Å². The fourth-order valence-electron chi connectivity index (χ4n) is 3.38. The number of aliphatic hydroxyl groups is 1. The molecule has 152 valence electrons. The van der Waals surface area contributed by atoms with Crippen LogP contribution in [0.15, 0.2) is 30.5 Å². The van der Waals surface area contributed by atoms with Crippen molar-refractivity contribution in [2.24, 2.45) is 0 Å². The third-order valence-corrected chi connectivity index (χ3v) is 5.07. The van der Waals surface area contributed by atoms with E-state index in [4.69, 9.17) is 14.9 Å². The fourth-order valence-corrected chi connectivity index (χ4v) is 3.38. The van der Waals surface area contributed by atoms with E-state index < -0.39 is 6.61 Å². The zero-order valence-electron chi connectivity index (χ0n) is 17.2. The molecule has 7 heteroatoms. The van der Waals surface area contributed by atoms with Gasteiger partial charge in [0.05, 0.1) is 18.3 Å². The van der Waals surface area contributed by atoms with Crippen LogP contribution in [0, 0.1) is 0 Å². The molecule has 0 unspecified atom stereocenters. The van der Waals surface area contributed by atoms with E-state index in [-0.39, 0.29) is 11.4 Å². The van der Waals surface area contributed by atoms with Gasteiger partial charge in [-0.25, -0.2) is 0 Å². The SMILES string of the molecule is COc1cccc(-c2nn(C(C)(C)C)cc2CN2CCN(C(=O)CO)CC2)c1. The summed E-state index contributed by atoms with van der Waals surface area (Å²) >= 11 is 0. The molecule has 1 amide bonds. The molecule has 0 atom stereocenters. The van der Waals surface area contributed by atoms with Crippen molar-refractivity contribution >= 4 is 5.91 Å². The van der Waals surface area contributed by atoms with Crippen LogP contribution in [0.2, 0.25) is 0 Å². The summed E-state index contributed by atoms with van der Waals surface area (Å²) < 4.78 is 7.40. The molecule has 7 nitrogen and oxygen atoms in total. The summed E-state index contributed by atoms with van der Waals surface area (Å²) in [6.45, 7) is 9.61. The Bertz CT molecular complexity index is 817. The number of ether oxygens (including phenoxy) is 1. The average molecular weight is 386 g/mol. The van der Waals surface area contributed by atoms with E-state index in [0.29, 0.717) is 13.1 Å². The smallest absolute Gasteiger partial charge is 0.248 e. The van der Waals surface area contributed by atoms with Gasteiger partial charge >= 0.3 is 0 Å². The lowest BCUT2D eigenvalue weighted by Crippen LogP contribution is -2.49. The van der Waals surface area contributed by atoms with Gasteiger partial charge < -0.3 is 14.7 Å². The Morgan fingerprint density at radius 3 is 2.54 bits per heavy atom. The third kappa shape index (κ3) is 4.54. The Labute approximate surface area is 166 Å². The molecule has 1 aromatic heterocycles. The van der Waals surface area contributed by atoms with Gasteiger partial charge in [-0.15, -0.1) is 0 Å². The number of hydrogen-bond donors (Lipinski definition) is 1. The predicted octanol–water partition coefficient (Wildman–Crippen LogP) is 1.95. The van der Waals surface area contributed by atoms with E-state index in [1.165, 1.54) is 0 Å². The highest BCUT2D eigenvalue weighted by atomic mass is 16.5. The predicted molar refractivity (Wildman–Crippen MR) is 108 cm³/mol. The Morgan fingerprint density at radius 1 is 1.21 bits per heavy atom. The Morgan fingerprint density at radius 2 is 1.93 bits per heavy atom. The summed E-state index contributed by atoms with van der Waals surface area (Å²) in [6, 6.07) is 7.98. The molecule has 1 aliphatic rings. The second kappa shape index (κ2) is 8.32. The van der Waals surface area contributed by atoms with E-state index in [2.05, 4.69) is 37.9 Å². The molecule has 1 aliphatic heterocycles. The van der Waals surface area contributed by atoms with Crippen LogP contribution in [0.4, 0.5) is 0 Å². The molecule has 2 aromatic rings. The van der Waals surface area contributed by atoms with Crippen molar-refractivity contribution in [1.82, 2.24) is 19.6 Å². The summed E-state index contributed by atoms with van der Waals surface area (Å²) in [5, 5.41) is 13.9. The normalized spacial score (nSPS) is 15.7. The minimum Gasteiger partial charge on any atom is -0.497 e. The number of nitrogens with zero attached hydrogens (tertiary/aromatic N) is 4. The molecule has 28 heavy (non-hydrogen) atoms. The van der Waals surface area contributed by atoms with E-state index in [1.54, 1.807) is 12.0 Å². The number of piperazine rings is 1. The summed E-state index contributed by atoms with van der Waals surface area (Å²) in [5.41, 5.74) is 3.04. The summed E-state index contributed by atoms with van der Waals surface area (Å²) in [4.78, 5) is 15.7. The molecular formula is C21H30N4O3. The lowest BCUT2D eigenvalue weighted by molar-refractivity contribution is -0.135. The van der Waals surface area contributed by atoms with Crippen molar-refractivity contribution in [3.63, 3.8) is 0 Å². The highest BCUT2D eigenvalue weighted by Gasteiger charge is 2.24. The quantitative estimate of drug-likeness (QED) is 0.851. The first kappa shape index (κ1) is 20.4. The van der Waals surface area contributed by atoms with E-state index in [1.807, 2.05) is 22.9 Å². The van der Waals surface area contributed by atoms with Crippen LogP contribution in [0.3, 0.4) is 0 Å². The number of benzene rings is 1. The summed E-state index contributed by atoms with van der Waals surface area (Å²) in [7, 11) is 1.67. The molecule has 0 radical (unpaired) electrons. The van der Waals surface area contributed by atoms with Gasteiger partial charge in [-0.05, 0) is 32.9 Å². The van der Waals surface area contributed by atoms with Gasteiger partial charge in [0.1, 0.15) is 12.4 Å². The maximum Gasteiger partial charge on any atom is 0.248 e. The molecule has 1 aromatic carbocycles. The number of methoxy groups -OCH3 is 1. The van der Waals surface area contributed by atoms with Crippen molar-refractivity contribution in [1.29, 1.82) is 0 Å². The molecule has 1 fully saturated rings. The third-order valence-electron chi connectivity index (χ3n) is 5.07. The van der Waals surface area contributed by atoms with E-state index in [9.17, 15) is 4.79 Å². The number of carbonyl (C=O) groups is 1. The maximum absolute atomic E-state index is 11.7. The molecule has 0 bridgehead atoms. The largest absolute Gasteiger partial charge is 0.497 e. The highest BCUT2D eigenvalue weighted by molar-refractivity contribution is 5.77. The summed E-state index contributed by atoms with van der Waals surface area (Å²) in [5.74, 6) is 0.613. The molecule has 0 saturated carbocycles. The lowest BCUT2D eigenvalue weighted by atomic mass is 10.1. The molecular weight excluding hydrogens is 356 g/mol. The number of amides is 1. The van der Waals surface area contributed by atoms with E-state index in [0.717, 1.165) is 42.2 Å². The Kier molecular flexibility index (Phi) is 6.05. The van der Waals surface area contributed by atoms with Gasteiger partial charge in [0.15, 0.2) is 0 Å². The van der Waals surface area contributed by atoms with Crippen LogP contribution in [-0.4, -0.2) is 70.5 Å². The monoisotopic (exact) mass is 386 g/mol. The summed E-state index contributed by atoms with van der Waals surface area (Å²) in [6.07, 6.45) is 2.13. The number of hydrogen-bond acceptors (Lipinski definition) is 5. The fraction of sp³-hybridized carbons (Fsp3) is 0.524. The second-order valence-electron chi connectivity index (χ2n) is 8.17. The van der Waals surface area contributed by atoms with Crippen molar-refractivity contribution in [2.75, 3.05) is 39.9 Å². The van der Waals surface area contributed by atoms with E-state index >= 15 is 0 Å². The number of carbonyl (C=O) groups excluding carboxylic acids is 1. The molecule has 0 aliphatic carbocycles. The average Bonchev–Trinajstić information content (AvgIpc) is 3.12. The molecule has 0 spiro atoms. The topological polar surface area (TPSA) is 70.8 Å². The van der Waals surface area contributed by atoms with Crippen LogP contribution in [-0.2, 0) is 16.9 Å². The molecule has 1 saturated heterocycles. The first-order valence-corrected chi connectivity index (χ1v) is 9.66. The van der Waals surface area contributed by atoms with Crippen molar-refractivity contribution < 1.29 is 14.6 Å². The van der Waals surface area contributed by atoms with Gasteiger partial charge in [0.25, 0.3) is 0 Å². The Hall–Kier alpha value is -2.38. The zero-order chi connectivity index (χ0) is 20.3. The number of aromatic nitrogens is 2. The van der Waals surface area contributed by atoms with Crippen molar-refractivity contribution in [3.05, 3.63) is 36.0 Å². The standard InChI is InChI=1S/C21H30N4O3/c1-21(2,3)25-14-17(13-23-8-10-24(11-9-23)19(27)15-26)20(22-25)16-6-5-7-18(12-16)28-4/h5-7,12,14,26H,8-11,13,15H2,1-4H3. The van der Waals surface area contributed by atoms with Crippen LogP contribution < -0.4 is 4.74 Å². The Balaban J connectivity index is 1.84. The minimum atomic E-state index is -0.418. The second-order valence-corrected chi connectivity index (χ2v) is 8.17. The highest BCUT2D eigenvalue weighted by Crippen LogP contribution is 2.29. The number of rotatable bonds is 5. The van der Waals surface area contributed by atoms with Crippen molar-refractivity contribution in [2.45, 2.75) is 32.9 Å². The van der Waals surface area contributed by atoms with Gasteiger partial charge in [-0.2, -0.15) is 5.10 Å². The van der Waals surface area contributed by atoms with Gasteiger partial charge in [-0.1, -0.05) is 12.1 Å². The van der Waals surface area contributed by atoms with Gasteiger partial charge in [0, 0.05) is 50.0 Å². The molecule has 1 N–H and O–H groups in total. The number of aliphatic hydroxyl groups excluding tert-OH is 1. The van der Waals surface area contributed by atoms with Gasteiger partial charge in [-0.3, -0.25) is 14.4 Å². The first-order chi connectivity index (χ1) is 13.3. The molecule has 2 heterocycles. The maximum atomic E-state index is 11.7. The van der Waals surface area contributed by atoms with Gasteiger partial charge in [0.2, 0.25) is 5.91 Å². The van der Waals surface area contributed by atoms with Crippen LogP contribution in [0.1, 0.15) is 26.3 Å². The molecule has 3 rings (SSSR count). The minimum absolute atomic E-state index is 0.113. The lowest BCUT2D eigenvalue weighted by Gasteiger charge is -2.34.